The van der Waals surface area contributed by atoms with Gasteiger partial charge in [-0.15, -0.1) is 0 Å². The molecule has 0 aliphatic rings. The number of ether oxygens (including phenoxy) is 1. The van der Waals surface area contributed by atoms with Crippen LogP contribution in [0.2, 0.25) is 0 Å². The van der Waals surface area contributed by atoms with Gasteiger partial charge in [0.25, 0.3) is 0 Å². The molecule has 0 radical (unpaired) electrons. The molecule has 0 saturated heterocycles. The van der Waals surface area contributed by atoms with E-state index in [1.807, 2.05) is 6.92 Å². The van der Waals surface area contributed by atoms with E-state index in [9.17, 15) is 5.11 Å². The highest BCUT2D eigenvalue weighted by molar-refractivity contribution is 5.35. The molecule has 0 amide bonds. The first kappa shape index (κ1) is 14.4. The van der Waals surface area contributed by atoms with Crippen LogP contribution in [-0.2, 0) is 0 Å². The maximum atomic E-state index is 9.61. The highest BCUT2D eigenvalue weighted by Gasteiger charge is 2.14. The van der Waals surface area contributed by atoms with Gasteiger partial charge in [0.2, 0.25) is 11.9 Å². The van der Waals surface area contributed by atoms with Crippen LogP contribution in [0.15, 0.2) is 0 Å². The number of hydrogen-bond donors (Lipinski definition) is 4. The number of nitrogen functional groups attached to an aromatic ring is 1. The fourth-order valence-corrected chi connectivity index (χ4v) is 1.05. The summed E-state index contributed by atoms with van der Waals surface area (Å²) in [5.41, 5.74) is 1.47. The van der Waals surface area contributed by atoms with Gasteiger partial charge in [-0.25, -0.2) is 5.84 Å². The zero-order valence-electron chi connectivity index (χ0n) is 10.9. The summed E-state index contributed by atoms with van der Waals surface area (Å²) in [6, 6.07) is 0.193. The molecule has 102 valence electrons. The quantitative estimate of drug-likeness (QED) is 0.401. The lowest BCUT2D eigenvalue weighted by molar-refractivity contribution is 0.0943. The molecule has 0 aromatic carbocycles. The van der Waals surface area contributed by atoms with E-state index in [1.54, 1.807) is 13.8 Å². The molecule has 5 N–H and O–H groups in total. The van der Waals surface area contributed by atoms with Crippen molar-refractivity contribution >= 4 is 11.9 Å². The Hall–Kier alpha value is -1.67. The Kier molecular flexibility index (Phi) is 5.05. The molecule has 8 nitrogen and oxygen atoms in total. The van der Waals surface area contributed by atoms with Gasteiger partial charge in [-0.3, -0.25) is 5.43 Å². The normalized spacial score (nSPS) is 11.2. The second-order valence-corrected chi connectivity index (χ2v) is 4.42. The van der Waals surface area contributed by atoms with Crippen molar-refractivity contribution in [3.8, 4) is 6.01 Å². The molecule has 0 atom stereocenters. The largest absolute Gasteiger partial charge is 0.463 e. The Morgan fingerprint density at radius 1 is 1.28 bits per heavy atom. The number of hydrogen-bond acceptors (Lipinski definition) is 8. The summed E-state index contributed by atoms with van der Waals surface area (Å²) in [6.45, 7) is 6.15. The molecule has 0 spiro atoms. The number of rotatable bonds is 7. The molecule has 8 heteroatoms. The Morgan fingerprint density at radius 2 is 1.94 bits per heavy atom. The molecule has 0 unspecified atom stereocenters. The average Bonchev–Trinajstić information content (AvgIpc) is 2.32. The van der Waals surface area contributed by atoms with Gasteiger partial charge in [-0.2, -0.15) is 15.0 Å². The molecule has 0 aliphatic heterocycles. The van der Waals surface area contributed by atoms with Gasteiger partial charge in [-0.05, 0) is 20.3 Å². The number of nitrogens with two attached hydrogens (primary N) is 1. The maximum absolute atomic E-state index is 9.61. The molecule has 18 heavy (non-hydrogen) atoms. The predicted molar refractivity (Wildman–Crippen MR) is 68.2 cm³/mol. The number of anilines is 2. The first-order chi connectivity index (χ1) is 8.44. The van der Waals surface area contributed by atoms with Gasteiger partial charge >= 0.3 is 6.01 Å². The second kappa shape index (κ2) is 6.31. The standard InChI is InChI=1S/C10H20N6O2/c1-4-5-18-9-14-7(12-6-10(2,3)17)13-8(15-9)16-11/h17H,4-6,11H2,1-3H3,(H2,12,13,14,15,16). The third-order valence-electron chi connectivity index (χ3n) is 1.86. The fraction of sp³-hybridized carbons (Fsp3) is 0.700. The summed E-state index contributed by atoms with van der Waals surface area (Å²) in [7, 11) is 0. The molecule has 0 saturated carbocycles. The van der Waals surface area contributed by atoms with Gasteiger partial charge in [0.1, 0.15) is 0 Å². The Labute approximate surface area is 106 Å². The molecule has 1 heterocycles. The van der Waals surface area contributed by atoms with Crippen LogP contribution in [0.1, 0.15) is 27.2 Å². The Morgan fingerprint density at radius 3 is 2.50 bits per heavy atom. The summed E-state index contributed by atoms with van der Waals surface area (Å²) in [4.78, 5) is 12.0. The van der Waals surface area contributed by atoms with Crippen molar-refractivity contribution in [1.29, 1.82) is 0 Å². The molecular weight excluding hydrogens is 236 g/mol. The first-order valence-corrected chi connectivity index (χ1v) is 5.76. The molecule has 0 aliphatic carbocycles. The monoisotopic (exact) mass is 256 g/mol. The minimum absolute atomic E-state index is 0.193. The summed E-state index contributed by atoms with van der Waals surface area (Å²) in [5.74, 6) is 5.76. The van der Waals surface area contributed by atoms with Crippen LogP contribution in [-0.4, -0.2) is 38.8 Å². The van der Waals surface area contributed by atoms with E-state index < -0.39 is 5.60 Å². The lowest BCUT2D eigenvalue weighted by Gasteiger charge is -2.17. The van der Waals surface area contributed by atoms with E-state index >= 15 is 0 Å². The van der Waals surface area contributed by atoms with E-state index in [-0.39, 0.29) is 12.0 Å². The van der Waals surface area contributed by atoms with Gasteiger partial charge in [-0.1, -0.05) is 6.92 Å². The Balaban J connectivity index is 2.76. The third kappa shape index (κ3) is 5.11. The minimum Gasteiger partial charge on any atom is -0.463 e. The number of nitrogens with zero attached hydrogens (tertiary/aromatic N) is 3. The molecule has 1 aromatic rings. The number of nitrogens with one attached hydrogen (secondary N) is 2. The van der Waals surface area contributed by atoms with Crippen LogP contribution in [0.25, 0.3) is 0 Å². The predicted octanol–water partition coefficient (Wildman–Crippen LogP) is 0.129. The zero-order chi connectivity index (χ0) is 13.6. The molecule has 0 bridgehead atoms. The number of hydrazine groups is 1. The van der Waals surface area contributed by atoms with E-state index in [4.69, 9.17) is 10.6 Å². The lowest BCUT2D eigenvalue weighted by Crippen LogP contribution is -2.30. The van der Waals surface area contributed by atoms with Crippen LogP contribution in [0, 0.1) is 0 Å². The summed E-state index contributed by atoms with van der Waals surface area (Å²) in [5, 5.41) is 12.5. The SMILES string of the molecule is CCCOc1nc(NN)nc(NCC(C)(C)O)n1. The van der Waals surface area contributed by atoms with Crippen LogP contribution < -0.4 is 21.3 Å². The van der Waals surface area contributed by atoms with Crippen molar-refractivity contribution in [2.24, 2.45) is 5.84 Å². The summed E-state index contributed by atoms with van der Waals surface area (Å²) >= 11 is 0. The van der Waals surface area contributed by atoms with Gasteiger partial charge < -0.3 is 15.2 Å². The number of aliphatic hydroxyl groups is 1. The molecule has 1 rings (SSSR count). The van der Waals surface area contributed by atoms with Gasteiger partial charge in [0.15, 0.2) is 0 Å². The Bertz CT molecular complexity index is 379. The highest BCUT2D eigenvalue weighted by atomic mass is 16.5. The maximum Gasteiger partial charge on any atom is 0.323 e. The van der Waals surface area contributed by atoms with Crippen LogP contribution in [0.3, 0.4) is 0 Å². The van der Waals surface area contributed by atoms with E-state index in [2.05, 4.69) is 25.7 Å². The minimum atomic E-state index is -0.868. The zero-order valence-corrected chi connectivity index (χ0v) is 10.9. The third-order valence-corrected chi connectivity index (χ3v) is 1.86. The fourth-order valence-electron chi connectivity index (χ4n) is 1.05. The van der Waals surface area contributed by atoms with Crippen molar-refractivity contribution < 1.29 is 9.84 Å². The molecule has 0 fully saturated rings. The van der Waals surface area contributed by atoms with E-state index in [0.29, 0.717) is 19.1 Å². The van der Waals surface area contributed by atoms with Crippen LogP contribution in [0.4, 0.5) is 11.9 Å². The van der Waals surface area contributed by atoms with Crippen molar-refractivity contribution in [1.82, 2.24) is 15.0 Å². The highest BCUT2D eigenvalue weighted by Crippen LogP contribution is 2.11. The van der Waals surface area contributed by atoms with Crippen molar-refractivity contribution in [2.45, 2.75) is 32.8 Å². The summed E-state index contributed by atoms with van der Waals surface area (Å²) in [6.07, 6.45) is 0.851. The van der Waals surface area contributed by atoms with Gasteiger partial charge in [0, 0.05) is 6.54 Å². The van der Waals surface area contributed by atoms with Crippen molar-refractivity contribution in [3.63, 3.8) is 0 Å². The van der Waals surface area contributed by atoms with E-state index in [1.165, 1.54) is 0 Å². The molecular formula is C10H20N6O2. The topological polar surface area (TPSA) is 118 Å². The van der Waals surface area contributed by atoms with Crippen LogP contribution in [0.5, 0.6) is 6.01 Å². The second-order valence-electron chi connectivity index (χ2n) is 4.42. The number of aromatic nitrogens is 3. The van der Waals surface area contributed by atoms with Gasteiger partial charge in [0.05, 0.1) is 12.2 Å². The summed E-state index contributed by atoms with van der Waals surface area (Å²) < 4.78 is 5.31. The van der Waals surface area contributed by atoms with Crippen LogP contribution >= 0.6 is 0 Å². The smallest absolute Gasteiger partial charge is 0.323 e. The van der Waals surface area contributed by atoms with E-state index in [0.717, 1.165) is 6.42 Å². The first-order valence-electron chi connectivity index (χ1n) is 5.76. The average molecular weight is 256 g/mol. The van der Waals surface area contributed by atoms with Crippen molar-refractivity contribution in [3.05, 3.63) is 0 Å². The lowest BCUT2D eigenvalue weighted by atomic mass is 10.1. The molecule has 1 aromatic heterocycles. The van der Waals surface area contributed by atoms with Crippen molar-refractivity contribution in [2.75, 3.05) is 23.9 Å².